The van der Waals surface area contributed by atoms with Gasteiger partial charge in [0.15, 0.2) is 6.61 Å². The minimum absolute atomic E-state index is 0.139. The van der Waals surface area contributed by atoms with Crippen molar-refractivity contribution in [2.24, 2.45) is 5.10 Å². The first-order valence-corrected chi connectivity index (χ1v) is 8.73. The lowest BCUT2D eigenvalue weighted by Gasteiger charge is -2.09. The third kappa shape index (κ3) is 4.21. The lowest BCUT2D eigenvalue weighted by molar-refractivity contribution is -0.123. The molecule has 3 rings (SSSR count). The Balaban J connectivity index is 1.59. The number of rotatable bonds is 6. The number of nitrogens with zero attached hydrogens (tertiary/aromatic N) is 1. The molecule has 0 aliphatic carbocycles. The van der Waals surface area contributed by atoms with Gasteiger partial charge in [0.1, 0.15) is 11.5 Å². The van der Waals surface area contributed by atoms with E-state index in [0.717, 1.165) is 20.8 Å². The second-order valence-corrected chi connectivity index (χ2v) is 6.22. The fraction of sp³-hybridized carbons (Fsp3) is 0.100. The Kier molecular flexibility index (Phi) is 5.86. The summed E-state index contributed by atoms with van der Waals surface area (Å²) in [5, 5.41) is 6.06. The Labute approximate surface area is 159 Å². The molecule has 5 nitrogen and oxygen atoms in total. The summed E-state index contributed by atoms with van der Waals surface area (Å²) in [5.41, 5.74) is 3.22. The van der Waals surface area contributed by atoms with Crippen LogP contribution in [0.4, 0.5) is 0 Å². The molecule has 26 heavy (non-hydrogen) atoms. The standard InChI is InChI=1S/C20H17BrN2O3/c1-25-17-9-5-3-7-15(17)12-22-23-19(24)13-26-18-11-10-14-6-2-4-8-16(14)20(18)21/h2-12H,13H2,1H3,(H,23,24)/b22-12+. The van der Waals surface area contributed by atoms with E-state index in [1.165, 1.54) is 6.21 Å². The predicted molar refractivity (Wildman–Crippen MR) is 106 cm³/mol. The molecule has 0 bridgehead atoms. The quantitative estimate of drug-likeness (QED) is 0.488. The highest BCUT2D eigenvalue weighted by atomic mass is 79.9. The molecule has 3 aromatic carbocycles. The lowest BCUT2D eigenvalue weighted by atomic mass is 10.1. The van der Waals surface area contributed by atoms with Crippen LogP contribution >= 0.6 is 15.9 Å². The summed E-state index contributed by atoms with van der Waals surface area (Å²) < 4.78 is 11.6. The van der Waals surface area contributed by atoms with Gasteiger partial charge >= 0.3 is 0 Å². The molecule has 0 aromatic heterocycles. The second kappa shape index (κ2) is 8.49. The third-order valence-corrected chi connectivity index (χ3v) is 4.54. The van der Waals surface area contributed by atoms with Gasteiger partial charge in [0.25, 0.3) is 5.91 Å². The van der Waals surface area contributed by atoms with Gasteiger partial charge in [-0.2, -0.15) is 5.10 Å². The van der Waals surface area contributed by atoms with Crippen molar-refractivity contribution >= 4 is 38.8 Å². The van der Waals surface area contributed by atoms with Gasteiger partial charge < -0.3 is 9.47 Å². The summed E-state index contributed by atoms with van der Waals surface area (Å²) >= 11 is 3.53. The Hall–Kier alpha value is -2.86. The van der Waals surface area contributed by atoms with Gasteiger partial charge in [-0.3, -0.25) is 4.79 Å². The van der Waals surface area contributed by atoms with E-state index in [-0.39, 0.29) is 12.5 Å². The molecule has 0 heterocycles. The van der Waals surface area contributed by atoms with Crippen molar-refractivity contribution in [1.82, 2.24) is 5.43 Å². The number of para-hydroxylation sites is 1. The van der Waals surface area contributed by atoms with E-state index < -0.39 is 0 Å². The van der Waals surface area contributed by atoms with E-state index in [1.54, 1.807) is 7.11 Å². The first-order valence-electron chi connectivity index (χ1n) is 7.94. The number of ether oxygens (including phenoxy) is 2. The highest BCUT2D eigenvalue weighted by molar-refractivity contribution is 9.10. The molecule has 0 unspecified atom stereocenters. The molecule has 0 atom stereocenters. The number of hydrazone groups is 1. The van der Waals surface area contributed by atoms with Crippen molar-refractivity contribution < 1.29 is 14.3 Å². The fourth-order valence-corrected chi connectivity index (χ4v) is 3.06. The number of hydrogen-bond acceptors (Lipinski definition) is 4. The number of nitrogens with one attached hydrogen (secondary N) is 1. The van der Waals surface area contributed by atoms with E-state index in [1.807, 2.05) is 60.7 Å². The van der Waals surface area contributed by atoms with Crippen molar-refractivity contribution in [2.75, 3.05) is 13.7 Å². The van der Waals surface area contributed by atoms with Crippen LogP contribution in [0, 0.1) is 0 Å². The van der Waals surface area contributed by atoms with Crippen LogP contribution in [-0.2, 0) is 4.79 Å². The van der Waals surface area contributed by atoms with Gasteiger partial charge in [-0.15, -0.1) is 0 Å². The summed E-state index contributed by atoms with van der Waals surface area (Å²) in [5.74, 6) is 0.936. The van der Waals surface area contributed by atoms with Crippen LogP contribution in [0.15, 0.2) is 70.2 Å². The minimum Gasteiger partial charge on any atom is -0.496 e. The summed E-state index contributed by atoms with van der Waals surface area (Å²) in [4.78, 5) is 11.9. The van der Waals surface area contributed by atoms with E-state index in [0.29, 0.717) is 11.5 Å². The molecule has 0 spiro atoms. The molecule has 6 heteroatoms. The Bertz CT molecular complexity index is 957. The predicted octanol–water partition coefficient (Wildman–Crippen LogP) is 4.14. The van der Waals surface area contributed by atoms with Crippen molar-refractivity contribution in [1.29, 1.82) is 0 Å². The zero-order valence-electron chi connectivity index (χ0n) is 14.1. The number of carbonyl (C=O) groups excluding carboxylic acids is 1. The van der Waals surface area contributed by atoms with E-state index in [9.17, 15) is 4.79 Å². The zero-order chi connectivity index (χ0) is 18.4. The molecule has 0 radical (unpaired) electrons. The van der Waals surface area contributed by atoms with Gasteiger partial charge in [-0.1, -0.05) is 42.5 Å². The first kappa shape index (κ1) is 17.9. The Morgan fingerprint density at radius 3 is 2.69 bits per heavy atom. The Morgan fingerprint density at radius 2 is 1.85 bits per heavy atom. The summed E-state index contributed by atoms with van der Waals surface area (Å²) in [6.07, 6.45) is 1.53. The van der Waals surface area contributed by atoms with Gasteiger partial charge in [0, 0.05) is 5.56 Å². The SMILES string of the molecule is COc1ccccc1/C=N/NC(=O)COc1ccc2ccccc2c1Br. The number of fused-ring (bicyclic) bond motifs is 1. The number of amides is 1. The van der Waals surface area contributed by atoms with E-state index in [4.69, 9.17) is 9.47 Å². The molecular formula is C20H17BrN2O3. The number of hydrogen-bond donors (Lipinski definition) is 1. The molecule has 132 valence electrons. The maximum atomic E-state index is 11.9. The normalized spacial score (nSPS) is 10.8. The highest BCUT2D eigenvalue weighted by Gasteiger charge is 2.08. The minimum atomic E-state index is -0.351. The molecule has 1 amide bonds. The van der Waals surface area contributed by atoms with Crippen molar-refractivity contribution in [3.63, 3.8) is 0 Å². The third-order valence-electron chi connectivity index (χ3n) is 3.72. The average Bonchev–Trinajstić information content (AvgIpc) is 2.68. The molecule has 0 aliphatic rings. The summed E-state index contributed by atoms with van der Waals surface area (Å²) in [7, 11) is 1.58. The average molecular weight is 413 g/mol. The number of halogens is 1. The smallest absolute Gasteiger partial charge is 0.277 e. The van der Waals surface area contributed by atoms with Gasteiger partial charge in [-0.05, 0) is 44.9 Å². The second-order valence-electron chi connectivity index (χ2n) is 5.42. The van der Waals surface area contributed by atoms with Crippen molar-refractivity contribution in [2.45, 2.75) is 0 Å². The van der Waals surface area contributed by atoms with Gasteiger partial charge in [0.2, 0.25) is 0 Å². The van der Waals surface area contributed by atoms with Crippen LogP contribution in [0.5, 0.6) is 11.5 Å². The molecule has 0 fully saturated rings. The number of benzene rings is 3. The van der Waals surface area contributed by atoms with Crippen LogP contribution in [0.1, 0.15) is 5.56 Å². The molecule has 0 saturated heterocycles. The molecule has 3 aromatic rings. The van der Waals surface area contributed by atoms with Crippen LogP contribution in [-0.4, -0.2) is 25.8 Å². The topological polar surface area (TPSA) is 59.9 Å². The molecule has 0 saturated carbocycles. The lowest BCUT2D eigenvalue weighted by Crippen LogP contribution is -2.24. The summed E-state index contributed by atoms with van der Waals surface area (Å²) in [6, 6.07) is 19.1. The van der Waals surface area contributed by atoms with E-state index >= 15 is 0 Å². The molecule has 0 aliphatic heterocycles. The summed E-state index contributed by atoms with van der Waals surface area (Å²) in [6.45, 7) is -0.139. The molecule has 1 N–H and O–H groups in total. The van der Waals surface area contributed by atoms with Gasteiger partial charge in [0.05, 0.1) is 17.8 Å². The largest absolute Gasteiger partial charge is 0.496 e. The van der Waals surface area contributed by atoms with Crippen LogP contribution in [0.3, 0.4) is 0 Å². The first-order chi connectivity index (χ1) is 12.7. The fourth-order valence-electron chi connectivity index (χ4n) is 2.45. The maximum Gasteiger partial charge on any atom is 0.277 e. The van der Waals surface area contributed by atoms with Crippen molar-refractivity contribution in [3.8, 4) is 11.5 Å². The monoisotopic (exact) mass is 412 g/mol. The molecular weight excluding hydrogens is 396 g/mol. The van der Waals surface area contributed by atoms with Crippen LogP contribution in [0.25, 0.3) is 10.8 Å². The number of methoxy groups -OCH3 is 1. The van der Waals surface area contributed by atoms with Crippen LogP contribution < -0.4 is 14.9 Å². The Morgan fingerprint density at radius 1 is 1.08 bits per heavy atom. The van der Waals surface area contributed by atoms with Gasteiger partial charge in [-0.25, -0.2) is 5.43 Å². The zero-order valence-corrected chi connectivity index (χ0v) is 15.7. The van der Waals surface area contributed by atoms with Crippen molar-refractivity contribution in [3.05, 3.63) is 70.7 Å². The van der Waals surface area contributed by atoms with E-state index in [2.05, 4.69) is 26.5 Å². The number of carbonyl (C=O) groups is 1. The maximum absolute atomic E-state index is 11.9. The van der Waals surface area contributed by atoms with Crippen LogP contribution in [0.2, 0.25) is 0 Å². The highest BCUT2D eigenvalue weighted by Crippen LogP contribution is 2.32.